The molecule has 0 N–H and O–H groups in total. The predicted molar refractivity (Wildman–Crippen MR) is 130 cm³/mol. The minimum Gasteiger partial charge on any atom is -0.252 e. The number of hydrogen-bond donors (Lipinski definition) is 0. The summed E-state index contributed by atoms with van der Waals surface area (Å²) in [6.07, 6.45) is 7.90. The number of aliphatic imine (C=N–C) groups is 2. The van der Waals surface area contributed by atoms with E-state index >= 15 is 0 Å². The summed E-state index contributed by atoms with van der Waals surface area (Å²) in [5.41, 5.74) is 9.61. The molecule has 0 heterocycles. The van der Waals surface area contributed by atoms with Crippen molar-refractivity contribution in [2.75, 3.05) is 0 Å². The van der Waals surface area contributed by atoms with Gasteiger partial charge < -0.3 is 0 Å². The van der Waals surface area contributed by atoms with E-state index in [2.05, 4.69) is 77.9 Å². The number of nitrogens with zero attached hydrogens (tertiary/aromatic N) is 2. The van der Waals surface area contributed by atoms with Crippen molar-refractivity contribution < 1.29 is 20.4 Å². The molecule has 0 spiro atoms. The van der Waals surface area contributed by atoms with Crippen molar-refractivity contribution >= 4 is 22.8 Å². The van der Waals surface area contributed by atoms with Crippen LogP contribution in [0.5, 0.6) is 0 Å². The Morgan fingerprint density at radius 1 is 0.600 bits per heavy atom. The molecule has 0 amide bonds. The van der Waals surface area contributed by atoms with E-state index in [9.17, 15) is 0 Å². The standard InChI is InChI=1S/C27H38N2.Pd/c1-7-9-11-13-27(29-25-17-15-21(4)23(6)19-25)26(12-10-8-2)28-24-16-14-20(3)22(5)18-24;/h14-19H,7-13H2,1-6H3;/b28-26+,29-27+;. The second kappa shape index (κ2) is 13.7. The molecule has 2 nitrogen and oxygen atoms in total. The Bertz CT molecular complexity index is 865. The largest absolute Gasteiger partial charge is 0.252 e. The third-order valence-corrected chi connectivity index (χ3v) is 5.63. The van der Waals surface area contributed by atoms with E-state index in [4.69, 9.17) is 9.98 Å². The van der Waals surface area contributed by atoms with E-state index in [1.54, 1.807) is 0 Å². The molecule has 166 valence electrons. The molecular weight excluding hydrogens is 459 g/mol. The Hall–Kier alpha value is -1.56. The van der Waals surface area contributed by atoms with Crippen LogP contribution in [-0.4, -0.2) is 11.4 Å². The fraction of sp³-hybridized carbons (Fsp3) is 0.481. The molecule has 0 radical (unpaired) electrons. The fourth-order valence-corrected chi connectivity index (χ4v) is 3.32. The number of unbranched alkanes of at least 4 members (excludes halogenated alkanes) is 3. The van der Waals surface area contributed by atoms with E-state index < -0.39 is 0 Å². The van der Waals surface area contributed by atoms with E-state index in [0.717, 1.165) is 54.9 Å². The Morgan fingerprint density at radius 3 is 1.43 bits per heavy atom. The minimum atomic E-state index is 0. The summed E-state index contributed by atoms with van der Waals surface area (Å²) in [7, 11) is 0. The Kier molecular flexibility index (Phi) is 12.1. The first-order valence-corrected chi connectivity index (χ1v) is 11.2. The van der Waals surface area contributed by atoms with Gasteiger partial charge in [-0.25, -0.2) is 0 Å². The molecule has 0 unspecified atom stereocenters. The first-order valence-electron chi connectivity index (χ1n) is 11.2. The number of aryl methyl sites for hydroxylation is 4. The van der Waals surface area contributed by atoms with E-state index in [0.29, 0.717) is 0 Å². The van der Waals surface area contributed by atoms with Crippen molar-refractivity contribution in [3.8, 4) is 0 Å². The molecule has 0 bridgehead atoms. The molecule has 30 heavy (non-hydrogen) atoms. The SMILES string of the molecule is CCCCCC(=N\c1ccc(C)c(C)c1)/C(CCCC)=N/c1ccc(C)c(C)c1.[Pd]. The second-order valence-electron chi connectivity index (χ2n) is 8.21. The average Bonchev–Trinajstić information content (AvgIpc) is 2.70. The third kappa shape index (κ3) is 8.29. The van der Waals surface area contributed by atoms with Gasteiger partial charge >= 0.3 is 0 Å². The zero-order chi connectivity index (χ0) is 21.2. The van der Waals surface area contributed by atoms with Crippen LogP contribution in [0.25, 0.3) is 0 Å². The van der Waals surface area contributed by atoms with Crippen molar-refractivity contribution in [3.63, 3.8) is 0 Å². The van der Waals surface area contributed by atoms with Crippen molar-refractivity contribution in [1.29, 1.82) is 0 Å². The molecule has 0 fully saturated rings. The maximum Gasteiger partial charge on any atom is 0.0636 e. The zero-order valence-corrected chi connectivity index (χ0v) is 21.2. The number of benzene rings is 2. The Morgan fingerprint density at radius 2 is 1.03 bits per heavy atom. The summed E-state index contributed by atoms with van der Waals surface area (Å²) in [4.78, 5) is 10.2. The van der Waals surface area contributed by atoms with Crippen LogP contribution in [-0.2, 0) is 20.4 Å². The molecule has 3 heteroatoms. The molecule has 2 aromatic rings. The van der Waals surface area contributed by atoms with Gasteiger partial charge in [-0.1, -0.05) is 45.2 Å². The molecule has 2 rings (SSSR count). The topological polar surface area (TPSA) is 24.7 Å². The number of rotatable bonds is 10. The summed E-state index contributed by atoms with van der Waals surface area (Å²) in [6, 6.07) is 13.0. The Labute approximate surface area is 198 Å². The maximum absolute atomic E-state index is 5.11. The minimum absolute atomic E-state index is 0. The van der Waals surface area contributed by atoms with Crippen molar-refractivity contribution in [2.45, 2.75) is 86.5 Å². The van der Waals surface area contributed by atoms with Gasteiger partial charge in [0.15, 0.2) is 0 Å². The molecule has 0 aromatic heterocycles. The molecule has 0 aliphatic rings. The fourth-order valence-electron chi connectivity index (χ4n) is 3.32. The van der Waals surface area contributed by atoms with Gasteiger partial charge in [-0.2, -0.15) is 0 Å². The van der Waals surface area contributed by atoms with Gasteiger partial charge in [0.1, 0.15) is 0 Å². The smallest absolute Gasteiger partial charge is 0.0636 e. The van der Waals surface area contributed by atoms with Crippen LogP contribution in [0.1, 0.15) is 81.0 Å². The van der Waals surface area contributed by atoms with Crippen molar-refractivity contribution in [2.24, 2.45) is 9.98 Å². The van der Waals surface area contributed by atoms with Crippen LogP contribution in [0.4, 0.5) is 11.4 Å². The summed E-state index contributed by atoms with van der Waals surface area (Å²) in [5, 5.41) is 0. The van der Waals surface area contributed by atoms with Gasteiger partial charge in [0, 0.05) is 20.4 Å². The summed E-state index contributed by atoms with van der Waals surface area (Å²) in [6.45, 7) is 13.1. The van der Waals surface area contributed by atoms with E-state index in [1.165, 1.54) is 35.1 Å². The van der Waals surface area contributed by atoms with Gasteiger partial charge in [-0.15, -0.1) is 0 Å². The van der Waals surface area contributed by atoms with Gasteiger partial charge in [-0.3, -0.25) is 9.98 Å². The van der Waals surface area contributed by atoms with Crippen LogP contribution in [0.15, 0.2) is 46.4 Å². The van der Waals surface area contributed by atoms with Crippen LogP contribution >= 0.6 is 0 Å². The molecule has 0 aliphatic heterocycles. The van der Waals surface area contributed by atoms with Gasteiger partial charge in [-0.05, 0) is 99.9 Å². The number of hydrogen-bond acceptors (Lipinski definition) is 2. The Balaban J connectivity index is 0.00000450. The summed E-state index contributed by atoms with van der Waals surface area (Å²) >= 11 is 0. The van der Waals surface area contributed by atoms with Crippen molar-refractivity contribution in [3.05, 3.63) is 58.7 Å². The predicted octanol–water partition coefficient (Wildman–Crippen LogP) is 8.53. The average molecular weight is 497 g/mol. The quantitative estimate of drug-likeness (QED) is 0.179. The molecule has 0 atom stereocenters. The zero-order valence-electron chi connectivity index (χ0n) is 19.6. The second-order valence-corrected chi connectivity index (χ2v) is 8.21. The first kappa shape index (κ1) is 26.5. The maximum atomic E-state index is 5.11. The molecule has 0 aliphatic carbocycles. The summed E-state index contributed by atoms with van der Waals surface area (Å²) in [5.74, 6) is 0. The normalized spacial score (nSPS) is 12.1. The van der Waals surface area contributed by atoms with Gasteiger partial charge in [0.25, 0.3) is 0 Å². The van der Waals surface area contributed by atoms with Crippen LogP contribution in [0, 0.1) is 27.7 Å². The van der Waals surface area contributed by atoms with E-state index in [1.807, 2.05) is 0 Å². The monoisotopic (exact) mass is 496 g/mol. The molecule has 0 saturated heterocycles. The van der Waals surface area contributed by atoms with E-state index in [-0.39, 0.29) is 20.4 Å². The van der Waals surface area contributed by atoms with Gasteiger partial charge in [0.2, 0.25) is 0 Å². The molecule has 2 aromatic carbocycles. The molecule has 0 saturated carbocycles. The van der Waals surface area contributed by atoms with Crippen LogP contribution < -0.4 is 0 Å². The van der Waals surface area contributed by atoms with Crippen molar-refractivity contribution in [1.82, 2.24) is 0 Å². The van der Waals surface area contributed by atoms with Crippen LogP contribution in [0.3, 0.4) is 0 Å². The van der Waals surface area contributed by atoms with Crippen LogP contribution in [0.2, 0.25) is 0 Å². The third-order valence-electron chi connectivity index (χ3n) is 5.63. The van der Waals surface area contributed by atoms with Gasteiger partial charge in [0.05, 0.1) is 22.8 Å². The summed E-state index contributed by atoms with van der Waals surface area (Å²) < 4.78 is 0. The first-order chi connectivity index (χ1) is 13.9. The molecular formula is C27H38N2Pd.